The first-order chi connectivity index (χ1) is 14.3. The van der Waals surface area contributed by atoms with Gasteiger partial charge in [0.1, 0.15) is 12.1 Å². The average Bonchev–Trinajstić information content (AvgIpc) is 3.55. The smallest absolute Gasteiger partial charge is 0.325 e. The first-order valence-electron chi connectivity index (χ1n) is 10.7. The van der Waals surface area contributed by atoms with Crippen LogP contribution in [0.3, 0.4) is 0 Å². The molecule has 2 heterocycles. The summed E-state index contributed by atoms with van der Waals surface area (Å²) < 4.78 is 0. The van der Waals surface area contributed by atoms with Gasteiger partial charge in [-0.15, -0.1) is 0 Å². The molecule has 8 nitrogen and oxygen atoms in total. The van der Waals surface area contributed by atoms with E-state index in [2.05, 4.69) is 39.6 Å². The molecule has 3 fully saturated rings. The van der Waals surface area contributed by atoms with Crippen LogP contribution in [-0.2, 0) is 22.7 Å². The molecule has 2 saturated heterocycles. The number of benzene rings is 1. The maximum Gasteiger partial charge on any atom is 0.325 e. The first-order valence-corrected chi connectivity index (χ1v) is 10.7. The van der Waals surface area contributed by atoms with E-state index in [1.807, 2.05) is 12.1 Å². The Morgan fingerprint density at radius 3 is 2.57 bits per heavy atom. The van der Waals surface area contributed by atoms with Gasteiger partial charge in [-0.25, -0.2) is 4.79 Å². The quantitative estimate of drug-likeness (QED) is 0.645. The second-order valence-electron chi connectivity index (χ2n) is 8.97. The van der Waals surface area contributed by atoms with E-state index in [1.165, 1.54) is 5.56 Å². The molecule has 0 aromatic heterocycles. The molecular weight excluding hydrogens is 382 g/mol. The second kappa shape index (κ2) is 8.35. The van der Waals surface area contributed by atoms with Crippen molar-refractivity contribution in [2.75, 3.05) is 39.8 Å². The van der Waals surface area contributed by atoms with E-state index >= 15 is 0 Å². The SMILES string of the molecule is CN1CCN(Cc2cccc(CNC(=O)CN3C(=O)NC(C)(C4CC4)C3=O)c2)CC1. The fourth-order valence-corrected chi connectivity index (χ4v) is 4.30. The van der Waals surface area contributed by atoms with E-state index in [0.29, 0.717) is 6.54 Å². The highest BCUT2D eigenvalue weighted by Crippen LogP contribution is 2.42. The van der Waals surface area contributed by atoms with Crippen LogP contribution in [0.4, 0.5) is 4.79 Å². The Hall–Kier alpha value is -2.45. The van der Waals surface area contributed by atoms with Gasteiger partial charge in [0.2, 0.25) is 5.91 Å². The molecule has 0 spiro atoms. The van der Waals surface area contributed by atoms with E-state index in [9.17, 15) is 14.4 Å². The topological polar surface area (TPSA) is 85.0 Å². The molecule has 3 aliphatic rings. The van der Waals surface area contributed by atoms with Crippen molar-refractivity contribution >= 4 is 17.8 Å². The summed E-state index contributed by atoms with van der Waals surface area (Å²) in [6.45, 7) is 7.07. The minimum atomic E-state index is -0.852. The predicted molar refractivity (Wildman–Crippen MR) is 112 cm³/mol. The number of imide groups is 1. The summed E-state index contributed by atoms with van der Waals surface area (Å²) in [4.78, 5) is 43.0. The zero-order chi connectivity index (χ0) is 21.3. The Morgan fingerprint density at radius 1 is 1.17 bits per heavy atom. The Bertz CT molecular complexity index is 832. The number of piperazine rings is 1. The normalized spacial score (nSPS) is 25.5. The van der Waals surface area contributed by atoms with E-state index in [4.69, 9.17) is 0 Å². The second-order valence-corrected chi connectivity index (χ2v) is 8.97. The summed E-state index contributed by atoms with van der Waals surface area (Å²) in [5, 5.41) is 5.61. The van der Waals surface area contributed by atoms with Crippen molar-refractivity contribution < 1.29 is 14.4 Å². The highest BCUT2D eigenvalue weighted by atomic mass is 16.2. The van der Waals surface area contributed by atoms with Crippen molar-refractivity contribution in [3.8, 4) is 0 Å². The zero-order valence-electron chi connectivity index (χ0n) is 17.8. The number of carbonyl (C=O) groups is 3. The molecule has 0 radical (unpaired) electrons. The number of amides is 4. The lowest BCUT2D eigenvalue weighted by atomic mass is 9.96. The first kappa shape index (κ1) is 20.8. The Labute approximate surface area is 177 Å². The lowest BCUT2D eigenvalue weighted by Gasteiger charge is -2.32. The number of hydrogen-bond acceptors (Lipinski definition) is 5. The third-order valence-electron chi connectivity index (χ3n) is 6.48. The van der Waals surface area contributed by atoms with Crippen LogP contribution in [0.25, 0.3) is 0 Å². The van der Waals surface area contributed by atoms with Crippen molar-refractivity contribution in [1.82, 2.24) is 25.3 Å². The number of likely N-dealkylation sites (N-methyl/N-ethyl adjacent to an activating group) is 1. The summed E-state index contributed by atoms with van der Waals surface area (Å²) in [6, 6.07) is 7.72. The van der Waals surface area contributed by atoms with Gasteiger partial charge in [-0.3, -0.25) is 19.4 Å². The van der Waals surface area contributed by atoms with E-state index < -0.39 is 11.6 Å². The molecule has 1 aliphatic carbocycles. The highest BCUT2D eigenvalue weighted by molar-refractivity contribution is 6.09. The molecule has 1 aromatic rings. The molecule has 4 rings (SSSR count). The summed E-state index contributed by atoms with van der Waals surface area (Å²) in [5.41, 5.74) is 1.38. The van der Waals surface area contributed by atoms with Gasteiger partial charge in [-0.1, -0.05) is 24.3 Å². The fraction of sp³-hybridized carbons (Fsp3) is 0.591. The lowest BCUT2D eigenvalue weighted by molar-refractivity contribution is -0.135. The highest BCUT2D eigenvalue weighted by Gasteiger charge is 2.56. The molecule has 1 atom stereocenters. The minimum Gasteiger partial charge on any atom is -0.350 e. The minimum absolute atomic E-state index is 0.185. The average molecular weight is 414 g/mol. The fourth-order valence-electron chi connectivity index (χ4n) is 4.30. The Kier molecular flexibility index (Phi) is 5.79. The number of hydrogen-bond donors (Lipinski definition) is 2. The van der Waals surface area contributed by atoms with Crippen LogP contribution in [0.2, 0.25) is 0 Å². The Morgan fingerprint density at radius 2 is 1.87 bits per heavy atom. The predicted octanol–water partition coefficient (Wildman–Crippen LogP) is 0.771. The van der Waals surface area contributed by atoms with E-state index in [-0.39, 0.29) is 24.3 Å². The van der Waals surface area contributed by atoms with Gasteiger partial charge in [0.25, 0.3) is 5.91 Å². The van der Waals surface area contributed by atoms with Crippen molar-refractivity contribution in [2.45, 2.75) is 38.4 Å². The molecule has 4 amide bonds. The monoisotopic (exact) mass is 413 g/mol. The molecular formula is C22H31N5O3. The van der Waals surface area contributed by atoms with Crippen LogP contribution < -0.4 is 10.6 Å². The number of carbonyl (C=O) groups excluding carboxylic acids is 3. The summed E-state index contributed by atoms with van der Waals surface area (Å²) in [5.74, 6) is -0.438. The molecule has 162 valence electrons. The number of rotatable bonds is 7. The molecule has 1 aromatic carbocycles. The van der Waals surface area contributed by atoms with Crippen LogP contribution in [0, 0.1) is 5.92 Å². The standard InChI is InChI=1S/C22H31N5O3/c1-22(18-6-7-18)20(29)27(21(30)24-22)15-19(28)23-13-16-4-3-5-17(12-16)14-26-10-8-25(2)9-11-26/h3-5,12,18H,6-11,13-15H2,1-2H3,(H,23,28)(H,24,30). The van der Waals surface area contributed by atoms with Gasteiger partial charge in [0, 0.05) is 39.3 Å². The molecule has 2 aliphatic heterocycles. The largest absolute Gasteiger partial charge is 0.350 e. The van der Waals surface area contributed by atoms with Crippen LogP contribution in [0.15, 0.2) is 24.3 Å². The van der Waals surface area contributed by atoms with Crippen molar-refractivity contribution in [3.63, 3.8) is 0 Å². The van der Waals surface area contributed by atoms with Gasteiger partial charge < -0.3 is 15.5 Å². The van der Waals surface area contributed by atoms with E-state index in [1.54, 1.807) is 6.92 Å². The summed E-state index contributed by atoms with van der Waals surface area (Å²) in [7, 11) is 2.15. The van der Waals surface area contributed by atoms with Gasteiger partial charge >= 0.3 is 6.03 Å². The molecule has 1 saturated carbocycles. The Balaban J connectivity index is 1.28. The summed E-state index contributed by atoms with van der Waals surface area (Å²) in [6.07, 6.45) is 1.88. The molecule has 30 heavy (non-hydrogen) atoms. The van der Waals surface area contributed by atoms with Gasteiger partial charge in [-0.05, 0) is 43.9 Å². The van der Waals surface area contributed by atoms with Gasteiger partial charge in [0.15, 0.2) is 0 Å². The van der Waals surface area contributed by atoms with Crippen LogP contribution >= 0.6 is 0 Å². The van der Waals surface area contributed by atoms with Crippen LogP contribution in [0.1, 0.15) is 30.9 Å². The van der Waals surface area contributed by atoms with Gasteiger partial charge in [-0.2, -0.15) is 0 Å². The number of nitrogens with one attached hydrogen (secondary N) is 2. The van der Waals surface area contributed by atoms with Crippen LogP contribution in [0.5, 0.6) is 0 Å². The van der Waals surface area contributed by atoms with Crippen molar-refractivity contribution in [3.05, 3.63) is 35.4 Å². The third kappa shape index (κ3) is 4.49. The van der Waals surface area contributed by atoms with E-state index in [0.717, 1.165) is 56.0 Å². The van der Waals surface area contributed by atoms with Crippen molar-refractivity contribution in [2.24, 2.45) is 5.92 Å². The molecule has 1 unspecified atom stereocenters. The third-order valence-corrected chi connectivity index (χ3v) is 6.48. The van der Waals surface area contributed by atoms with Crippen molar-refractivity contribution in [1.29, 1.82) is 0 Å². The molecule has 2 N–H and O–H groups in total. The lowest BCUT2D eigenvalue weighted by Crippen LogP contribution is -2.46. The zero-order valence-corrected chi connectivity index (χ0v) is 17.8. The maximum absolute atomic E-state index is 12.6. The maximum atomic E-state index is 12.6. The van der Waals surface area contributed by atoms with Crippen LogP contribution in [-0.4, -0.2) is 77.9 Å². The summed E-state index contributed by atoms with van der Waals surface area (Å²) >= 11 is 0. The molecule has 8 heteroatoms. The number of urea groups is 1. The molecule has 0 bridgehead atoms. The number of nitrogens with zero attached hydrogens (tertiary/aromatic N) is 3. The van der Waals surface area contributed by atoms with Gasteiger partial charge in [0.05, 0.1) is 0 Å².